The van der Waals surface area contributed by atoms with E-state index in [4.69, 9.17) is 0 Å². The largest absolute Gasteiger partial charge is 0.340 e. The van der Waals surface area contributed by atoms with Crippen LogP contribution >= 0.6 is 11.7 Å². The van der Waals surface area contributed by atoms with E-state index >= 15 is 0 Å². The third-order valence-corrected chi connectivity index (χ3v) is 5.67. The number of aromatic nitrogens is 2. The number of hydrogen-bond acceptors (Lipinski definition) is 5. The van der Waals surface area contributed by atoms with Crippen LogP contribution in [0.15, 0.2) is 48.5 Å². The summed E-state index contributed by atoms with van der Waals surface area (Å²) in [6, 6.07) is 16.8. The highest BCUT2D eigenvalue weighted by molar-refractivity contribution is 7.00. The van der Waals surface area contributed by atoms with Crippen molar-refractivity contribution in [3.8, 4) is 0 Å². The third kappa shape index (κ3) is 3.76. The van der Waals surface area contributed by atoms with Crippen molar-refractivity contribution in [1.29, 1.82) is 0 Å². The van der Waals surface area contributed by atoms with Crippen LogP contribution in [0.25, 0.3) is 11.0 Å². The first kappa shape index (κ1) is 17.1. The number of amides is 1. The Morgan fingerprint density at radius 2 is 1.88 bits per heavy atom. The van der Waals surface area contributed by atoms with Crippen LogP contribution in [-0.2, 0) is 17.6 Å². The molecule has 0 aliphatic carbocycles. The molecule has 1 atom stereocenters. The number of hydrogen-bond donors (Lipinski definition) is 0. The van der Waals surface area contributed by atoms with Crippen molar-refractivity contribution in [2.45, 2.75) is 18.9 Å². The number of benzene rings is 2. The number of nitrogens with zero attached hydrogens (tertiary/aromatic N) is 4. The monoisotopic (exact) mass is 366 g/mol. The van der Waals surface area contributed by atoms with E-state index in [0.717, 1.165) is 42.7 Å². The maximum absolute atomic E-state index is 12.8. The van der Waals surface area contributed by atoms with E-state index in [-0.39, 0.29) is 5.91 Å². The van der Waals surface area contributed by atoms with Gasteiger partial charge in [0.1, 0.15) is 11.0 Å². The summed E-state index contributed by atoms with van der Waals surface area (Å²) in [7, 11) is 2.15. The van der Waals surface area contributed by atoms with Gasteiger partial charge in [-0.1, -0.05) is 36.4 Å². The van der Waals surface area contributed by atoms with Gasteiger partial charge in [-0.3, -0.25) is 9.69 Å². The Kier molecular flexibility index (Phi) is 4.95. The maximum atomic E-state index is 12.8. The molecule has 5 nitrogen and oxygen atoms in total. The minimum atomic E-state index is 0.193. The van der Waals surface area contributed by atoms with Gasteiger partial charge in [-0.05, 0) is 36.7 Å². The lowest BCUT2D eigenvalue weighted by Crippen LogP contribution is -2.54. The van der Waals surface area contributed by atoms with Crippen LogP contribution in [0, 0.1) is 0 Å². The molecule has 1 aliphatic heterocycles. The molecule has 1 unspecified atom stereocenters. The molecule has 2 heterocycles. The van der Waals surface area contributed by atoms with Crippen molar-refractivity contribution in [3.05, 3.63) is 59.7 Å². The second kappa shape index (κ2) is 7.51. The highest BCUT2D eigenvalue weighted by Gasteiger charge is 2.27. The first-order chi connectivity index (χ1) is 12.7. The molecule has 1 saturated heterocycles. The highest BCUT2D eigenvalue weighted by atomic mass is 32.1. The molecular weight excluding hydrogens is 344 g/mol. The van der Waals surface area contributed by atoms with Gasteiger partial charge < -0.3 is 4.90 Å². The molecule has 1 aromatic heterocycles. The number of piperazine rings is 1. The Labute approximate surface area is 157 Å². The number of carbonyl (C=O) groups excluding carboxylic acids is 1. The summed E-state index contributed by atoms with van der Waals surface area (Å²) in [5.41, 5.74) is 4.10. The Morgan fingerprint density at radius 3 is 2.73 bits per heavy atom. The van der Waals surface area contributed by atoms with E-state index in [0.29, 0.717) is 12.5 Å². The number of rotatable bonds is 4. The zero-order valence-electron chi connectivity index (χ0n) is 14.8. The number of carbonyl (C=O) groups is 1. The fourth-order valence-electron chi connectivity index (χ4n) is 3.50. The molecule has 4 rings (SSSR count). The van der Waals surface area contributed by atoms with Crippen LogP contribution in [0.4, 0.5) is 0 Å². The van der Waals surface area contributed by atoms with Crippen LogP contribution in [-0.4, -0.2) is 57.2 Å². The molecule has 134 valence electrons. The van der Waals surface area contributed by atoms with Crippen molar-refractivity contribution in [2.24, 2.45) is 0 Å². The summed E-state index contributed by atoms with van der Waals surface area (Å²) < 4.78 is 8.48. The lowest BCUT2D eigenvalue weighted by Gasteiger charge is -2.39. The van der Waals surface area contributed by atoms with Crippen molar-refractivity contribution in [1.82, 2.24) is 18.5 Å². The quantitative estimate of drug-likeness (QED) is 0.712. The van der Waals surface area contributed by atoms with Crippen LogP contribution in [0.1, 0.15) is 11.1 Å². The zero-order valence-corrected chi connectivity index (χ0v) is 15.7. The van der Waals surface area contributed by atoms with Crippen LogP contribution in [0.2, 0.25) is 0 Å². The molecule has 2 aromatic carbocycles. The van der Waals surface area contributed by atoms with Crippen molar-refractivity contribution in [3.63, 3.8) is 0 Å². The first-order valence-electron chi connectivity index (χ1n) is 8.92. The van der Waals surface area contributed by atoms with Gasteiger partial charge in [0.05, 0.1) is 18.1 Å². The SMILES string of the molecule is CN1CCN(C(=O)Cc2ccc3nsnc3c2)CC1Cc1ccccc1. The standard InChI is InChI=1S/C20H22N4OS/c1-23-9-10-24(14-17(23)11-15-5-3-2-4-6-15)20(25)13-16-7-8-18-19(12-16)22-26-21-18/h2-8,12,17H,9-11,13-14H2,1H3. The summed E-state index contributed by atoms with van der Waals surface area (Å²) >= 11 is 1.21. The Bertz CT molecular complexity index is 895. The average Bonchev–Trinajstić information content (AvgIpc) is 3.12. The van der Waals surface area contributed by atoms with E-state index in [1.54, 1.807) is 0 Å². The molecule has 0 saturated carbocycles. The van der Waals surface area contributed by atoms with Crippen LogP contribution in [0.3, 0.4) is 0 Å². The molecule has 26 heavy (non-hydrogen) atoms. The third-order valence-electron chi connectivity index (χ3n) is 5.12. The second-order valence-electron chi connectivity index (χ2n) is 6.93. The minimum absolute atomic E-state index is 0.193. The second-order valence-corrected chi connectivity index (χ2v) is 7.46. The average molecular weight is 366 g/mol. The predicted octanol–water partition coefficient (Wildman–Crippen LogP) is 2.62. The van der Waals surface area contributed by atoms with Gasteiger partial charge in [-0.2, -0.15) is 8.75 Å². The molecule has 6 heteroatoms. The van der Waals surface area contributed by atoms with Crippen LogP contribution < -0.4 is 0 Å². The Balaban J connectivity index is 1.42. The summed E-state index contributed by atoms with van der Waals surface area (Å²) in [5.74, 6) is 0.193. The molecule has 0 N–H and O–H groups in total. The normalized spacial score (nSPS) is 18.3. The van der Waals surface area contributed by atoms with Gasteiger partial charge in [0.15, 0.2) is 0 Å². The molecule has 1 amide bonds. The smallest absolute Gasteiger partial charge is 0.227 e. The molecule has 0 radical (unpaired) electrons. The van der Waals surface area contributed by atoms with Crippen molar-refractivity contribution in [2.75, 3.05) is 26.7 Å². The minimum Gasteiger partial charge on any atom is -0.340 e. The molecular formula is C20H22N4OS. The summed E-state index contributed by atoms with van der Waals surface area (Å²) in [4.78, 5) is 17.2. The van der Waals surface area contributed by atoms with Gasteiger partial charge in [-0.25, -0.2) is 0 Å². The lowest BCUT2D eigenvalue weighted by molar-refractivity contribution is -0.133. The van der Waals surface area contributed by atoms with Gasteiger partial charge in [0.2, 0.25) is 5.91 Å². The first-order valence-corrected chi connectivity index (χ1v) is 9.65. The molecule has 1 fully saturated rings. The zero-order chi connectivity index (χ0) is 17.9. The summed E-state index contributed by atoms with van der Waals surface area (Å²) in [6.07, 6.45) is 1.40. The highest BCUT2D eigenvalue weighted by Crippen LogP contribution is 2.17. The maximum Gasteiger partial charge on any atom is 0.227 e. The Morgan fingerprint density at radius 1 is 1.08 bits per heavy atom. The predicted molar refractivity (Wildman–Crippen MR) is 104 cm³/mol. The van der Waals surface area contributed by atoms with Crippen molar-refractivity contribution < 1.29 is 4.79 Å². The Hall–Kier alpha value is -2.31. The van der Waals surface area contributed by atoms with Gasteiger partial charge in [0.25, 0.3) is 0 Å². The summed E-state index contributed by atoms with van der Waals surface area (Å²) in [6.45, 7) is 2.49. The lowest BCUT2D eigenvalue weighted by atomic mass is 10.0. The number of fused-ring (bicyclic) bond motifs is 1. The van der Waals surface area contributed by atoms with Gasteiger partial charge >= 0.3 is 0 Å². The fraction of sp³-hybridized carbons (Fsp3) is 0.350. The van der Waals surface area contributed by atoms with Crippen LogP contribution in [0.5, 0.6) is 0 Å². The van der Waals surface area contributed by atoms with Gasteiger partial charge in [0, 0.05) is 25.7 Å². The molecule has 3 aromatic rings. The fourth-order valence-corrected chi connectivity index (χ4v) is 4.02. The number of likely N-dealkylation sites (N-methyl/N-ethyl adjacent to an activating group) is 1. The van der Waals surface area contributed by atoms with E-state index in [9.17, 15) is 4.79 Å². The topological polar surface area (TPSA) is 49.3 Å². The van der Waals surface area contributed by atoms with Crippen molar-refractivity contribution >= 4 is 28.7 Å². The van der Waals surface area contributed by atoms with Gasteiger partial charge in [-0.15, -0.1) is 0 Å². The molecule has 0 spiro atoms. The van der Waals surface area contributed by atoms with E-state index in [1.807, 2.05) is 29.2 Å². The van der Waals surface area contributed by atoms with E-state index < -0.39 is 0 Å². The van der Waals surface area contributed by atoms with E-state index in [1.165, 1.54) is 17.3 Å². The van der Waals surface area contributed by atoms with E-state index in [2.05, 4.69) is 45.0 Å². The summed E-state index contributed by atoms with van der Waals surface area (Å²) in [5, 5.41) is 0. The molecule has 1 aliphatic rings. The molecule has 0 bridgehead atoms.